The summed E-state index contributed by atoms with van der Waals surface area (Å²) in [6.07, 6.45) is 1.84. The third kappa shape index (κ3) is 6.62. The van der Waals surface area contributed by atoms with Crippen LogP contribution in [0.25, 0.3) is 0 Å². The number of morpholine rings is 1. The number of carbonyl (C=O) groups is 1. The molecule has 6 N–H and O–H groups in total. The van der Waals surface area contributed by atoms with Gasteiger partial charge in [-0.05, 0) is 18.2 Å². The maximum Gasteiger partial charge on any atom is 0.290 e. The second-order valence-corrected chi connectivity index (χ2v) is 9.05. The molecule has 1 amide bonds. The molecule has 3 aromatic rings. The van der Waals surface area contributed by atoms with Crippen LogP contribution in [-0.2, 0) is 14.3 Å². The number of amides is 1. The Hall–Kier alpha value is -5.36. The minimum Gasteiger partial charge on any atom is -0.407 e. The average molecular weight is 552 g/mol. The van der Waals surface area contributed by atoms with Crippen molar-refractivity contribution in [2.24, 2.45) is 4.99 Å². The molecule has 0 bridgehead atoms. The van der Waals surface area contributed by atoms with E-state index in [0.29, 0.717) is 43.5 Å². The summed E-state index contributed by atoms with van der Waals surface area (Å²) in [5, 5.41) is 34.3. The van der Waals surface area contributed by atoms with E-state index in [-0.39, 0.29) is 11.4 Å². The highest BCUT2D eigenvalue weighted by Gasteiger charge is 2.28. The number of nitrogens with zero attached hydrogens (tertiary/aromatic N) is 3. The Morgan fingerprint density at radius 3 is 2.49 bits per heavy atom. The quantitative estimate of drug-likeness (QED) is 0.202. The second kappa shape index (κ2) is 12.7. The van der Waals surface area contributed by atoms with Gasteiger partial charge in [0.2, 0.25) is 12.1 Å². The molecule has 1 aromatic heterocycles. The zero-order chi connectivity index (χ0) is 28.6. The topological polar surface area (TPSA) is 172 Å². The smallest absolute Gasteiger partial charge is 0.290 e. The van der Waals surface area contributed by atoms with Crippen molar-refractivity contribution in [3.8, 4) is 0 Å². The molecule has 41 heavy (non-hydrogen) atoms. The fraction of sp³-hybridized carbons (Fsp3) is 0.172. The van der Waals surface area contributed by atoms with Crippen LogP contribution in [0.15, 0.2) is 95.8 Å². The molecule has 3 heterocycles. The summed E-state index contributed by atoms with van der Waals surface area (Å²) in [5.74, 6) is -0.413. The van der Waals surface area contributed by atoms with Crippen LogP contribution in [0.2, 0.25) is 0 Å². The Bertz CT molecular complexity index is 1500. The number of para-hydroxylation sites is 1. The number of nitrogens with one attached hydrogen (secondary N) is 6. The zero-order valence-electron chi connectivity index (χ0n) is 22.1. The first-order chi connectivity index (χ1) is 20.0. The van der Waals surface area contributed by atoms with Gasteiger partial charge in [0.05, 0.1) is 30.2 Å². The number of carbonyl (C=O) groups excluding carboxylic acids is 1. The normalized spacial score (nSPS) is 16.8. The van der Waals surface area contributed by atoms with E-state index in [2.05, 4.69) is 25.9 Å². The van der Waals surface area contributed by atoms with Crippen LogP contribution in [0.4, 0.5) is 11.5 Å². The lowest BCUT2D eigenvalue weighted by Crippen LogP contribution is -2.45. The number of anilines is 2. The number of aliphatic imine (C=N–C) groups is 1. The second-order valence-electron chi connectivity index (χ2n) is 9.05. The van der Waals surface area contributed by atoms with Gasteiger partial charge in [-0.25, -0.2) is 9.98 Å². The van der Waals surface area contributed by atoms with Crippen molar-refractivity contribution in [1.82, 2.24) is 15.2 Å². The van der Waals surface area contributed by atoms with Crippen LogP contribution < -0.4 is 16.0 Å². The van der Waals surface area contributed by atoms with E-state index in [0.717, 1.165) is 11.1 Å². The summed E-state index contributed by atoms with van der Waals surface area (Å²) in [6.45, 7) is 1.86. The van der Waals surface area contributed by atoms with Crippen molar-refractivity contribution in [3.63, 3.8) is 0 Å². The molecule has 0 spiro atoms. The molecule has 2 aliphatic heterocycles. The number of pyridine rings is 1. The standard InChI is InChI=1S/C29H29N9O3/c30-25(38-14-16-40-17-15-38)21(18-34-23-12-6-7-13-33-23)26(31)41-29(32)37-27-28(39)35-22-11-5-4-10-20(22)24(36-27)19-8-2-1-3-9-19/h1-13,18,27,30-31H,14-17H2,(H2,32,37)(H,33,34)(H,35,39)/b21-18+,30-25?,31-26?. The lowest BCUT2D eigenvalue weighted by Gasteiger charge is -2.30. The molecule has 12 heteroatoms. The van der Waals surface area contributed by atoms with E-state index >= 15 is 0 Å². The first kappa shape index (κ1) is 27.2. The van der Waals surface area contributed by atoms with Gasteiger partial charge in [0.15, 0.2) is 0 Å². The number of benzodiazepines with no additional fused rings is 1. The van der Waals surface area contributed by atoms with Crippen LogP contribution in [0.3, 0.4) is 0 Å². The predicted molar refractivity (Wildman–Crippen MR) is 157 cm³/mol. The fourth-order valence-corrected chi connectivity index (χ4v) is 4.28. The predicted octanol–water partition coefficient (Wildman–Crippen LogP) is 3.02. The fourth-order valence-electron chi connectivity index (χ4n) is 4.28. The summed E-state index contributed by atoms with van der Waals surface area (Å²) < 4.78 is 10.9. The van der Waals surface area contributed by atoms with E-state index in [1.54, 1.807) is 35.4 Å². The maximum absolute atomic E-state index is 13.1. The largest absolute Gasteiger partial charge is 0.407 e. The number of amidine groups is 2. The highest BCUT2D eigenvalue weighted by atomic mass is 16.5. The summed E-state index contributed by atoms with van der Waals surface area (Å²) in [4.78, 5) is 23.7. The first-order valence-corrected chi connectivity index (χ1v) is 12.9. The molecule has 1 unspecified atom stereocenters. The molecule has 0 aliphatic carbocycles. The van der Waals surface area contributed by atoms with Crippen molar-refractivity contribution in [2.45, 2.75) is 6.17 Å². The summed E-state index contributed by atoms with van der Waals surface area (Å²) >= 11 is 0. The summed E-state index contributed by atoms with van der Waals surface area (Å²) in [5.41, 5.74) is 2.79. The lowest BCUT2D eigenvalue weighted by molar-refractivity contribution is -0.117. The number of aromatic nitrogens is 1. The Morgan fingerprint density at radius 2 is 1.73 bits per heavy atom. The van der Waals surface area contributed by atoms with Gasteiger partial charge >= 0.3 is 0 Å². The Balaban J connectivity index is 1.36. The molecule has 208 valence electrons. The van der Waals surface area contributed by atoms with Gasteiger partial charge in [-0.2, -0.15) is 0 Å². The SMILES string of the molecule is N=C(NC1N=C(c2ccccc2)c2ccccc2NC1=O)OC(=N)/C(=C/Nc1ccccn1)C(=N)N1CCOCC1. The molecular formula is C29H29N9O3. The monoisotopic (exact) mass is 551 g/mol. The molecule has 0 radical (unpaired) electrons. The molecular weight excluding hydrogens is 522 g/mol. The lowest BCUT2D eigenvalue weighted by atomic mass is 10.0. The molecule has 2 aromatic carbocycles. The number of fused-ring (bicyclic) bond motifs is 1. The molecule has 2 aliphatic rings. The van der Waals surface area contributed by atoms with Gasteiger partial charge in [0.25, 0.3) is 11.9 Å². The minimum atomic E-state index is -1.21. The number of benzene rings is 2. The van der Waals surface area contributed by atoms with E-state index in [9.17, 15) is 4.79 Å². The van der Waals surface area contributed by atoms with Crippen molar-refractivity contribution in [2.75, 3.05) is 36.9 Å². The molecule has 1 atom stereocenters. The van der Waals surface area contributed by atoms with Crippen molar-refractivity contribution >= 4 is 40.9 Å². The molecule has 5 rings (SSSR count). The van der Waals surface area contributed by atoms with Crippen LogP contribution in [0.1, 0.15) is 11.1 Å². The highest BCUT2D eigenvalue weighted by molar-refractivity contribution is 6.21. The van der Waals surface area contributed by atoms with Gasteiger partial charge < -0.3 is 30.3 Å². The molecule has 1 saturated heterocycles. The van der Waals surface area contributed by atoms with E-state index < -0.39 is 24.0 Å². The van der Waals surface area contributed by atoms with Crippen molar-refractivity contribution < 1.29 is 14.3 Å². The van der Waals surface area contributed by atoms with Gasteiger partial charge in [-0.15, -0.1) is 0 Å². The van der Waals surface area contributed by atoms with E-state index in [4.69, 9.17) is 25.7 Å². The number of ether oxygens (including phenoxy) is 2. The van der Waals surface area contributed by atoms with E-state index in [1.165, 1.54) is 6.20 Å². The van der Waals surface area contributed by atoms with Crippen LogP contribution in [-0.4, -0.2) is 71.7 Å². The van der Waals surface area contributed by atoms with Gasteiger partial charge in [-0.3, -0.25) is 21.0 Å². The molecule has 1 fully saturated rings. The van der Waals surface area contributed by atoms with Gasteiger partial charge in [0, 0.05) is 36.6 Å². The zero-order valence-corrected chi connectivity index (χ0v) is 22.1. The Kier molecular flexibility index (Phi) is 8.41. The maximum atomic E-state index is 13.1. The van der Waals surface area contributed by atoms with E-state index in [1.807, 2.05) is 48.5 Å². The minimum absolute atomic E-state index is 0.0292. The highest BCUT2D eigenvalue weighted by Crippen LogP contribution is 2.23. The number of hydrogen-bond acceptors (Lipinski definition) is 9. The number of hydrogen-bond donors (Lipinski definition) is 6. The Labute approximate surface area is 236 Å². The number of rotatable bonds is 6. The van der Waals surface area contributed by atoms with Gasteiger partial charge in [0.1, 0.15) is 11.7 Å². The third-order valence-corrected chi connectivity index (χ3v) is 6.32. The Morgan fingerprint density at radius 1 is 1.00 bits per heavy atom. The molecule has 12 nitrogen and oxygen atoms in total. The van der Waals surface area contributed by atoms with Crippen molar-refractivity contribution in [3.05, 3.63) is 102 Å². The van der Waals surface area contributed by atoms with Gasteiger partial charge in [-0.1, -0.05) is 54.6 Å². The van der Waals surface area contributed by atoms with Crippen LogP contribution >= 0.6 is 0 Å². The first-order valence-electron chi connectivity index (χ1n) is 12.9. The van der Waals surface area contributed by atoms with Crippen molar-refractivity contribution in [1.29, 1.82) is 16.2 Å². The van der Waals surface area contributed by atoms with Crippen LogP contribution in [0, 0.1) is 16.2 Å². The summed E-state index contributed by atoms with van der Waals surface area (Å²) in [6, 6.07) is 21.5. The molecule has 0 saturated carbocycles. The third-order valence-electron chi connectivity index (χ3n) is 6.32. The van der Waals surface area contributed by atoms with Crippen LogP contribution in [0.5, 0.6) is 0 Å². The average Bonchev–Trinajstić information content (AvgIpc) is 3.14. The summed E-state index contributed by atoms with van der Waals surface area (Å²) in [7, 11) is 0.